The van der Waals surface area contributed by atoms with E-state index in [9.17, 15) is 23.5 Å². The molecule has 1 aromatic carbocycles. The predicted octanol–water partition coefficient (Wildman–Crippen LogP) is 2.16. The molecule has 35 heavy (non-hydrogen) atoms. The fourth-order valence-electron chi connectivity index (χ4n) is 4.54. The minimum Gasteiger partial charge on any atom is -0.503 e. The van der Waals surface area contributed by atoms with Gasteiger partial charge in [0.05, 0.1) is 24.3 Å². The van der Waals surface area contributed by atoms with Crippen LogP contribution in [0.15, 0.2) is 29.2 Å². The molecular weight excluding hydrogens is 482 g/mol. The van der Waals surface area contributed by atoms with Crippen LogP contribution in [0, 0.1) is 11.6 Å². The van der Waals surface area contributed by atoms with Gasteiger partial charge in [-0.3, -0.25) is 9.59 Å². The maximum absolute atomic E-state index is 14.1. The van der Waals surface area contributed by atoms with Crippen molar-refractivity contribution in [3.05, 3.63) is 62.5 Å². The molecule has 1 amide bonds. The Balaban J connectivity index is 1.55. The third kappa shape index (κ3) is 4.11. The van der Waals surface area contributed by atoms with Crippen molar-refractivity contribution in [2.75, 3.05) is 40.0 Å². The van der Waals surface area contributed by atoms with E-state index < -0.39 is 34.3 Å². The monoisotopic (exact) mass is 504 g/mol. The molecule has 0 bridgehead atoms. The van der Waals surface area contributed by atoms with Crippen LogP contribution in [0.5, 0.6) is 5.75 Å². The number of amides is 1. The summed E-state index contributed by atoms with van der Waals surface area (Å²) in [4.78, 5) is 27.8. The lowest BCUT2D eigenvalue weighted by Crippen LogP contribution is -2.55. The minimum absolute atomic E-state index is 0.0623. The number of aromatic nitrogens is 3. The Morgan fingerprint density at radius 2 is 2.11 bits per heavy atom. The molecule has 3 aromatic rings. The van der Waals surface area contributed by atoms with E-state index in [0.717, 1.165) is 23.5 Å². The number of halogens is 2. The van der Waals surface area contributed by atoms with Crippen LogP contribution in [-0.2, 0) is 21.4 Å². The first-order chi connectivity index (χ1) is 16.8. The van der Waals surface area contributed by atoms with Gasteiger partial charge in [0, 0.05) is 45.5 Å². The van der Waals surface area contributed by atoms with Gasteiger partial charge in [0.1, 0.15) is 16.6 Å². The van der Waals surface area contributed by atoms with Crippen molar-refractivity contribution in [2.45, 2.75) is 18.4 Å². The molecule has 2 aliphatic heterocycles. The van der Waals surface area contributed by atoms with Crippen LogP contribution >= 0.6 is 11.3 Å². The quantitative estimate of drug-likeness (QED) is 0.548. The fourth-order valence-corrected chi connectivity index (χ4v) is 5.41. The molecule has 1 saturated heterocycles. The number of fused-ring (bicyclic) bond motifs is 2. The minimum atomic E-state index is -0.747. The van der Waals surface area contributed by atoms with Crippen LogP contribution < -0.4 is 5.43 Å². The molecular formula is C23H22F2N4O5S. The number of methoxy groups -OCH3 is 1. The summed E-state index contributed by atoms with van der Waals surface area (Å²) >= 11 is 1.06. The number of hydrogen-bond acceptors (Lipinski definition) is 8. The van der Waals surface area contributed by atoms with Crippen molar-refractivity contribution in [1.82, 2.24) is 19.7 Å². The Morgan fingerprint density at radius 1 is 1.29 bits per heavy atom. The summed E-state index contributed by atoms with van der Waals surface area (Å²) in [6, 6.07) is 3.28. The summed E-state index contributed by atoms with van der Waals surface area (Å²) in [6.45, 7) is 1.75. The van der Waals surface area contributed by atoms with Gasteiger partial charge >= 0.3 is 0 Å². The molecule has 1 unspecified atom stereocenters. The van der Waals surface area contributed by atoms with E-state index >= 15 is 0 Å². The van der Waals surface area contributed by atoms with Crippen molar-refractivity contribution < 1.29 is 28.2 Å². The highest BCUT2D eigenvalue weighted by molar-refractivity contribution is 7.14. The van der Waals surface area contributed by atoms with E-state index in [4.69, 9.17) is 9.47 Å². The number of carbonyl (C=O) groups is 1. The van der Waals surface area contributed by atoms with Crippen molar-refractivity contribution in [2.24, 2.45) is 0 Å². The highest BCUT2D eigenvalue weighted by Gasteiger charge is 2.47. The first kappa shape index (κ1) is 23.5. The van der Waals surface area contributed by atoms with E-state index in [1.165, 1.54) is 19.4 Å². The first-order valence-corrected chi connectivity index (χ1v) is 11.8. The zero-order chi connectivity index (χ0) is 24.7. The van der Waals surface area contributed by atoms with E-state index in [-0.39, 0.29) is 28.2 Å². The number of benzene rings is 1. The van der Waals surface area contributed by atoms with Gasteiger partial charge in [0.2, 0.25) is 5.43 Å². The third-order valence-corrected chi connectivity index (χ3v) is 7.33. The van der Waals surface area contributed by atoms with Crippen LogP contribution in [-0.4, -0.2) is 70.7 Å². The van der Waals surface area contributed by atoms with Crippen molar-refractivity contribution in [3.8, 4) is 16.3 Å². The van der Waals surface area contributed by atoms with E-state index in [0.29, 0.717) is 44.3 Å². The highest BCUT2D eigenvalue weighted by Crippen LogP contribution is 2.38. The number of rotatable bonds is 6. The molecule has 0 saturated carbocycles. The van der Waals surface area contributed by atoms with Crippen LogP contribution in [0.25, 0.3) is 10.6 Å². The van der Waals surface area contributed by atoms with Gasteiger partial charge in [0.15, 0.2) is 16.5 Å². The van der Waals surface area contributed by atoms with Crippen molar-refractivity contribution in [3.63, 3.8) is 0 Å². The van der Waals surface area contributed by atoms with E-state index in [1.807, 2.05) is 0 Å². The predicted molar refractivity (Wildman–Crippen MR) is 122 cm³/mol. The van der Waals surface area contributed by atoms with Gasteiger partial charge in [-0.25, -0.2) is 8.78 Å². The maximum atomic E-state index is 14.1. The van der Waals surface area contributed by atoms with E-state index in [2.05, 4.69) is 10.2 Å². The van der Waals surface area contributed by atoms with Crippen LogP contribution in [0.3, 0.4) is 0 Å². The average molecular weight is 505 g/mol. The smallest absolute Gasteiger partial charge is 0.274 e. The highest BCUT2D eigenvalue weighted by atomic mass is 32.1. The molecule has 5 rings (SSSR count). The molecule has 1 spiro atoms. The van der Waals surface area contributed by atoms with Crippen molar-refractivity contribution >= 4 is 17.2 Å². The molecule has 0 aliphatic carbocycles. The summed E-state index contributed by atoms with van der Waals surface area (Å²) in [7, 11) is 1.53. The SMILES string of the molecule is COCCN1CC2(CCOC2)n2cc(-c3nnc(Cc4ccc(F)cc4F)s3)c(=O)c(O)c2C1=O. The summed E-state index contributed by atoms with van der Waals surface area (Å²) in [5.74, 6) is -2.51. The molecule has 0 radical (unpaired) electrons. The van der Waals surface area contributed by atoms with Gasteiger partial charge in [0.25, 0.3) is 5.91 Å². The number of hydrogen-bond donors (Lipinski definition) is 1. The zero-order valence-corrected chi connectivity index (χ0v) is 19.6. The molecule has 1 N–H and O–H groups in total. The third-order valence-electron chi connectivity index (χ3n) is 6.37. The lowest BCUT2D eigenvalue weighted by atomic mass is 9.92. The number of nitrogens with zero attached hydrogens (tertiary/aromatic N) is 4. The zero-order valence-electron chi connectivity index (χ0n) is 18.8. The number of aromatic hydroxyl groups is 1. The lowest BCUT2D eigenvalue weighted by Gasteiger charge is -2.42. The van der Waals surface area contributed by atoms with Crippen LogP contribution in [0.1, 0.15) is 27.5 Å². The largest absolute Gasteiger partial charge is 0.503 e. The van der Waals surface area contributed by atoms with E-state index in [1.54, 1.807) is 9.47 Å². The Morgan fingerprint density at radius 3 is 2.83 bits per heavy atom. The molecule has 2 aliphatic rings. The normalized spacial score (nSPS) is 19.5. The number of ether oxygens (including phenoxy) is 2. The topological polar surface area (TPSA) is 107 Å². The number of pyridine rings is 1. The maximum Gasteiger partial charge on any atom is 0.274 e. The summed E-state index contributed by atoms with van der Waals surface area (Å²) in [5.41, 5.74) is -1.17. The van der Waals surface area contributed by atoms with Crippen molar-refractivity contribution in [1.29, 1.82) is 0 Å². The molecule has 2 aromatic heterocycles. The Labute approximate surface area is 202 Å². The molecule has 9 nitrogen and oxygen atoms in total. The summed E-state index contributed by atoms with van der Waals surface area (Å²) in [6.07, 6.45) is 2.18. The van der Waals surface area contributed by atoms with Gasteiger partial charge in [-0.05, 0) is 18.1 Å². The average Bonchev–Trinajstić information content (AvgIpc) is 3.49. The molecule has 184 valence electrons. The second kappa shape index (κ2) is 9.10. The van der Waals surface area contributed by atoms with Gasteiger partial charge in [-0.2, -0.15) is 0 Å². The Kier molecular flexibility index (Phi) is 6.11. The van der Waals surface area contributed by atoms with Gasteiger partial charge in [-0.15, -0.1) is 10.2 Å². The summed E-state index contributed by atoms with van der Waals surface area (Å²) < 4.78 is 39.7. The fraction of sp³-hybridized carbons (Fsp3) is 0.391. The summed E-state index contributed by atoms with van der Waals surface area (Å²) in [5, 5.41) is 19.6. The molecule has 1 fully saturated rings. The number of carbonyl (C=O) groups excluding carboxylic acids is 1. The molecule has 1 atom stereocenters. The Bertz CT molecular complexity index is 1350. The second-order valence-corrected chi connectivity index (χ2v) is 9.66. The second-order valence-electron chi connectivity index (χ2n) is 8.60. The molecule has 4 heterocycles. The first-order valence-electron chi connectivity index (χ1n) is 10.9. The molecule has 12 heteroatoms. The standard InChI is InChI=1S/C23H22F2N4O5S/c1-33-7-5-28-11-23(4-6-34-12-23)29-10-15(19(30)20(31)18(29)22(28)32)21-27-26-17(35-21)8-13-2-3-14(24)9-16(13)25/h2-3,9-10,31H,4-8,11-12H2,1H3. The van der Waals surface area contributed by atoms with Gasteiger partial charge < -0.3 is 24.0 Å². The lowest BCUT2D eigenvalue weighted by molar-refractivity contribution is 0.0426. The Hall–Kier alpha value is -3.22. The van der Waals surface area contributed by atoms with Crippen LogP contribution in [0.4, 0.5) is 8.78 Å². The van der Waals surface area contributed by atoms with Crippen LogP contribution in [0.2, 0.25) is 0 Å². The van der Waals surface area contributed by atoms with Gasteiger partial charge in [-0.1, -0.05) is 17.4 Å².